The van der Waals surface area contributed by atoms with Crippen molar-refractivity contribution in [3.63, 3.8) is 0 Å². The van der Waals surface area contributed by atoms with Crippen molar-refractivity contribution in [3.05, 3.63) is 24.4 Å². The number of rotatable bonds is 2. The van der Waals surface area contributed by atoms with Crippen LogP contribution in [0.4, 0.5) is 11.4 Å². The van der Waals surface area contributed by atoms with Crippen molar-refractivity contribution in [2.24, 2.45) is 0 Å². The normalized spacial score (nSPS) is 19.0. The molecular weight excluding hydrogens is 280 g/mol. The Balaban J connectivity index is 1.73. The van der Waals surface area contributed by atoms with Crippen LogP contribution in [0.3, 0.4) is 0 Å². The second-order valence-corrected chi connectivity index (χ2v) is 5.59. The van der Waals surface area contributed by atoms with E-state index in [1.807, 2.05) is 6.07 Å². The lowest BCUT2D eigenvalue weighted by Gasteiger charge is -2.35. The minimum atomic E-state index is 0.367. The molecule has 0 spiro atoms. The van der Waals surface area contributed by atoms with Crippen LogP contribution in [0.5, 0.6) is 0 Å². The fourth-order valence-electron chi connectivity index (χ4n) is 2.88. The van der Waals surface area contributed by atoms with E-state index in [9.17, 15) is 0 Å². The number of ether oxygens (including phenoxy) is 1. The summed E-state index contributed by atoms with van der Waals surface area (Å²) in [4.78, 5) is 10.2. The molecule has 0 aliphatic carbocycles. The number of aromatic amines is 2. The molecule has 114 valence electrons. The summed E-state index contributed by atoms with van der Waals surface area (Å²) in [5.41, 5.74) is 10.2. The third-order valence-electron chi connectivity index (χ3n) is 4.06. The van der Waals surface area contributed by atoms with Gasteiger partial charge in [0.2, 0.25) is 0 Å². The van der Waals surface area contributed by atoms with Gasteiger partial charge >= 0.3 is 0 Å². The molecular formula is C15H18N6O. The Morgan fingerprint density at radius 1 is 1.41 bits per heavy atom. The van der Waals surface area contributed by atoms with E-state index in [0.29, 0.717) is 23.2 Å². The van der Waals surface area contributed by atoms with Gasteiger partial charge in [0, 0.05) is 24.5 Å². The fourth-order valence-corrected chi connectivity index (χ4v) is 2.88. The summed E-state index contributed by atoms with van der Waals surface area (Å²) in [7, 11) is 0. The highest BCUT2D eigenvalue weighted by Gasteiger charge is 2.20. The third-order valence-corrected chi connectivity index (χ3v) is 4.06. The molecule has 0 amide bonds. The SMILES string of the molecule is C[C@H]1COCCN1c1ccc2[nH]c(-c3n[nH]cc3N)nc2c1. The van der Waals surface area contributed by atoms with Crippen molar-refractivity contribution in [2.75, 3.05) is 30.4 Å². The quantitative estimate of drug-likeness (QED) is 0.670. The van der Waals surface area contributed by atoms with Crippen molar-refractivity contribution in [1.82, 2.24) is 20.2 Å². The lowest BCUT2D eigenvalue weighted by atomic mass is 10.2. The average Bonchev–Trinajstić information content (AvgIpc) is 3.12. The predicted octanol–water partition coefficient (Wildman–Crippen LogP) is 1.76. The molecule has 0 radical (unpaired) electrons. The van der Waals surface area contributed by atoms with Crippen LogP contribution in [0, 0.1) is 0 Å². The minimum Gasteiger partial charge on any atom is -0.396 e. The fraction of sp³-hybridized carbons (Fsp3) is 0.333. The molecule has 0 bridgehead atoms. The smallest absolute Gasteiger partial charge is 0.161 e. The number of H-pyrrole nitrogens is 2. The van der Waals surface area contributed by atoms with Gasteiger partial charge in [0.15, 0.2) is 11.5 Å². The van der Waals surface area contributed by atoms with E-state index in [1.54, 1.807) is 6.20 Å². The highest BCUT2D eigenvalue weighted by Crippen LogP contribution is 2.27. The first-order valence-electron chi connectivity index (χ1n) is 7.36. The molecule has 3 heterocycles. The number of fused-ring (bicyclic) bond motifs is 1. The van der Waals surface area contributed by atoms with Gasteiger partial charge in [-0.25, -0.2) is 4.98 Å². The molecule has 4 rings (SSSR count). The van der Waals surface area contributed by atoms with E-state index in [0.717, 1.165) is 36.5 Å². The second kappa shape index (κ2) is 5.03. The first-order valence-corrected chi connectivity index (χ1v) is 7.36. The highest BCUT2D eigenvalue weighted by atomic mass is 16.5. The number of benzene rings is 1. The summed E-state index contributed by atoms with van der Waals surface area (Å²) in [5.74, 6) is 0.681. The Kier molecular flexibility index (Phi) is 3.00. The lowest BCUT2D eigenvalue weighted by molar-refractivity contribution is 0.0989. The Labute approximate surface area is 127 Å². The van der Waals surface area contributed by atoms with Gasteiger partial charge in [-0.05, 0) is 25.1 Å². The largest absolute Gasteiger partial charge is 0.396 e. The summed E-state index contributed by atoms with van der Waals surface area (Å²) in [6.45, 7) is 4.59. The van der Waals surface area contributed by atoms with Gasteiger partial charge in [0.25, 0.3) is 0 Å². The zero-order valence-corrected chi connectivity index (χ0v) is 12.3. The molecule has 7 nitrogen and oxygen atoms in total. The van der Waals surface area contributed by atoms with Crippen molar-refractivity contribution in [2.45, 2.75) is 13.0 Å². The number of nitrogens with two attached hydrogens (primary N) is 1. The van der Waals surface area contributed by atoms with E-state index < -0.39 is 0 Å². The molecule has 22 heavy (non-hydrogen) atoms. The Morgan fingerprint density at radius 3 is 3.09 bits per heavy atom. The van der Waals surface area contributed by atoms with Crippen LogP contribution in [-0.2, 0) is 4.74 Å². The number of hydrogen-bond acceptors (Lipinski definition) is 5. The number of aromatic nitrogens is 4. The van der Waals surface area contributed by atoms with Crippen LogP contribution >= 0.6 is 0 Å². The first kappa shape index (κ1) is 13.1. The summed E-state index contributed by atoms with van der Waals surface area (Å²) in [6, 6.07) is 6.62. The van der Waals surface area contributed by atoms with E-state index in [-0.39, 0.29) is 0 Å². The monoisotopic (exact) mass is 298 g/mol. The van der Waals surface area contributed by atoms with Gasteiger partial charge in [0.1, 0.15) is 0 Å². The molecule has 0 saturated carbocycles. The number of hydrogen-bond donors (Lipinski definition) is 3. The standard InChI is InChI=1S/C15H18N6O/c1-9-8-22-5-4-21(9)10-2-3-12-13(6-10)19-15(18-12)14-11(16)7-17-20-14/h2-3,6-7,9H,4-5,8,16H2,1H3,(H,17,20)(H,18,19)/t9-/m0/s1. The molecule has 1 aromatic carbocycles. The van der Waals surface area contributed by atoms with Crippen molar-refractivity contribution in [1.29, 1.82) is 0 Å². The molecule has 1 saturated heterocycles. The topological polar surface area (TPSA) is 95.8 Å². The Morgan fingerprint density at radius 2 is 2.32 bits per heavy atom. The van der Waals surface area contributed by atoms with E-state index in [2.05, 4.69) is 44.1 Å². The summed E-state index contributed by atoms with van der Waals surface area (Å²) in [5, 5.41) is 6.89. The first-order chi connectivity index (χ1) is 10.7. The third kappa shape index (κ3) is 2.10. The van der Waals surface area contributed by atoms with Gasteiger partial charge in [-0.2, -0.15) is 5.10 Å². The average molecular weight is 298 g/mol. The van der Waals surface area contributed by atoms with Crippen molar-refractivity contribution < 1.29 is 4.74 Å². The van der Waals surface area contributed by atoms with E-state index >= 15 is 0 Å². The van der Waals surface area contributed by atoms with Gasteiger partial charge < -0.3 is 20.4 Å². The Bertz CT molecular complexity index is 807. The highest BCUT2D eigenvalue weighted by molar-refractivity contribution is 5.84. The van der Waals surface area contributed by atoms with Crippen LogP contribution in [0.2, 0.25) is 0 Å². The molecule has 0 unspecified atom stereocenters. The molecule has 1 atom stereocenters. The van der Waals surface area contributed by atoms with E-state index in [4.69, 9.17) is 10.5 Å². The van der Waals surface area contributed by atoms with Gasteiger partial charge in [0.05, 0.1) is 29.9 Å². The van der Waals surface area contributed by atoms with Crippen LogP contribution in [0.25, 0.3) is 22.6 Å². The van der Waals surface area contributed by atoms with Crippen LogP contribution in [0.15, 0.2) is 24.4 Å². The van der Waals surface area contributed by atoms with Gasteiger partial charge in [-0.3, -0.25) is 5.10 Å². The summed E-state index contributed by atoms with van der Waals surface area (Å²) < 4.78 is 5.50. The van der Waals surface area contributed by atoms with Crippen LogP contribution < -0.4 is 10.6 Å². The number of nitrogens with zero attached hydrogens (tertiary/aromatic N) is 3. The maximum Gasteiger partial charge on any atom is 0.161 e. The van der Waals surface area contributed by atoms with Crippen molar-refractivity contribution in [3.8, 4) is 11.5 Å². The maximum atomic E-state index is 5.88. The molecule has 7 heteroatoms. The Hall–Kier alpha value is -2.54. The lowest BCUT2D eigenvalue weighted by Crippen LogP contribution is -2.43. The number of anilines is 2. The zero-order chi connectivity index (χ0) is 15.1. The van der Waals surface area contributed by atoms with Gasteiger partial charge in [-0.15, -0.1) is 0 Å². The summed E-state index contributed by atoms with van der Waals surface area (Å²) >= 11 is 0. The number of nitrogens with one attached hydrogen (secondary N) is 2. The molecule has 1 aliphatic rings. The van der Waals surface area contributed by atoms with Gasteiger partial charge in [-0.1, -0.05) is 0 Å². The molecule has 3 aromatic rings. The summed E-state index contributed by atoms with van der Waals surface area (Å²) in [6.07, 6.45) is 1.66. The number of imidazole rings is 1. The second-order valence-electron chi connectivity index (χ2n) is 5.59. The predicted molar refractivity (Wildman–Crippen MR) is 85.7 cm³/mol. The minimum absolute atomic E-state index is 0.367. The number of nitrogen functional groups attached to an aromatic ring is 1. The number of morpholine rings is 1. The molecule has 4 N–H and O–H groups in total. The van der Waals surface area contributed by atoms with Crippen molar-refractivity contribution >= 4 is 22.4 Å². The molecule has 1 fully saturated rings. The molecule has 1 aliphatic heterocycles. The van der Waals surface area contributed by atoms with Crippen LogP contribution in [0.1, 0.15) is 6.92 Å². The molecule has 2 aromatic heterocycles. The maximum absolute atomic E-state index is 5.88. The zero-order valence-electron chi connectivity index (χ0n) is 12.3. The van der Waals surface area contributed by atoms with Crippen LogP contribution in [-0.4, -0.2) is 46.0 Å². The van der Waals surface area contributed by atoms with E-state index in [1.165, 1.54) is 0 Å².